The number of hydrogen-bond donors (Lipinski definition) is 1. The summed E-state index contributed by atoms with van der Waals surface area (Å²) in [6.45, 7) is 2.94. The van der Waals surface area contributed by atoms with Crippen LogP contribution in [0.25, 0.3) is 0 Å². The van der Waals surface area contributed by atoms with Gasteiger partial charge in [-0.2, -0.15) is 0 Å². The first kappa shape index (κ1) is 9.52. The van der Waals surface area contributed by atoms with Gasteiger partial charge in [-0.1, -0.05) is 0 Å². The van der Waals surface area contributed by atoms with Crippen LogP contribution < -0.4 is 5.32 Å². The SMILES string of the molecule is COC(=O)CCNC1(C)CCC1. The Morgan fingerprint density at radius 1 is 1.58 bits per heavy atom. The summed E-state index contributed by atoms with van der Waals surface area (Å²) in [5.41, 5.74) is 0.300. The van der Waals surface area contributed by atoms with Gasteiger partial charge in [-0.15, -0.1) is 0 Å². The third-order valence-electron chi connectivity index (χ3n) is 2.57. The normalized spacial score (nSPS) is 19.8. The quantitative estimate of drug-likeness (QED) is 0.643. The van der Waals surface area contributed by atoms with Crippen molar-refractivity contribution in [3.05, 3.63) is 0 Å². The highest BCUT2D eigenvalue weighted by atomic mass is 16.5. The highest BCUT2D eigenvalue weighted by molar-refractivity contribution is 5.69. The number of esters is 1. The first-order valence-corrected chi connectivity index (χ1v) is 4.48. The summed E-state index contributed by atoms with van der Waals surface area (Å²) in [6.07, 6.45) is 4.25. The van der Waals surface area contributed by atoms with Crippen LogP contribution in [0.3, 0.4) is 0 Å². The van der Waals surface area contributed by atoms with Gasteiger partial charge in [0.05, 0.1) is 13.5 Å². The Morgan fingerprint density at radius 2 is 2.25 bits per heavy atom. The van der Waals surface area contributed by atoms with Gasteiger partial charge >= 0.3 is 5.97 Å². The minimum absolute atomic E-state index is 0.134. The van der Waals surface area contributed by atoms with Gasteiger partial charge in [0.2, 0.25) is 0 Å². The molecule has 0 aromatic carbocycles. The standard InChI is InChI=1S/C9H17NO2/c1-9(5-3-6-9)10-7-4-8(11)12-2/h10H,3-7H2,1-2H3. The van der Waals surface area contributed by atoms with E-state index < -0.39 is 0 Å². The van der Waals surface area contributed by atoms with Crippen LogP contribution in [0.4, 0.5) is 0 Å². The summed E-state index contributed by atoms with van der Waals surface area (Å²) in [6, 6.07) is 0. The molecule has 3 heteroatoms. The predicted octanol–water partition coefficient (Wildman–Crippen LogP) is 1.08. The molecule has 0 amide bonds. The first-order valence-electron chi connectivity index (χ1n) is 4.48. The number of carbonyl (C=O) groups is 1. The average Bonchev–Trinajstić information content (AvgIpc) is 2.01. The lowest BCUT2D eigenvalue weighted by Crippen LogP contribution is -2.48. The second-order valence-corrected chi connectivity index (χ2v) is 3.67. The summed E-state index contributed by atoms with van der Waals surface area (Å²) in [5.74, 6) is -0.134. The van der Waals surface area contributed by atoms with Crippen molar-refractivity contribution in [2.24, 2.45) is 0 Å². The third-order valence-corrected chi connectivity index (χ3v) is 2.57. The van der Waals surface area contributed by atoms with Gasteiger partial charge in [-0.05, 0) is 26.2 Å². The van der Waals surface area contributed by atoms with Crippen molar-refractivity contribution in [3.63, 3.8) is 0 Å². The maximum absolute atomic E-state index is 10.7. The van der Waals surface area contributed by atoms with Crippen molar-refractivity contribution >= 4 is 5.97 Å². The van der Waals surface area contributed by atoms with Crippen LogP contribution in [0.1, 0.15) is 32.6 Å². The third kappa shape index (κ3) is 2.48. The van der Waals surface area contributed by atoms with E-state index in [9.17, 15) is 4.79 Å². The Balaban J connectivity index is 2.05. The van der Waals surface area contributed by atoms with Crippen LogP contribution in [0, 0.1) is 0 Å². The Kier molecular flexibility index (Phi) is 3.09. The van der Waals surface area contributed by atoms with Gasteiger partial charge in [0.1, 0.15) is 0 Å². The lowest BCUT2D eigenvalue weighted by molar-refractivity contribution is -0.140. The Morgan fingerprint density at radius 3 is 2.67 bits per heavy atom. The molecule has 0 atom stereocenters. The molecule has 12 heavy (non-hydrogen) atoms. The Hall–Kier alpha value is -0.570. The smallest absolute Gasteiger partial charge is 0.306 e. The molecule has 0 bridgehead atoms. The number of rotatable bonds is 4. The first-order chi connectivity index (χ1) is 5.66. The number of methoxy groups -OCH3 is 1. The average molecular weight is 171 g/mol. The molecule has 0 heterocycles. The molecule has 1 aliphatic rings. The second-order valence-electron chi connectivity index (χ2n) is 3.67. The molecule has 0 aliphatic heterocycles. The maximum atomic E-state index is 10.7. The fourth-order valence-electron chi connectivity index (χ4n) is 1.45. The van der Waals surface area contributed by atoms with Gasteiger partial charge in [-0.3, -0.25) is 4.79 Å². The van der Waals surface area contributed by atoms with Crippen LogP contribution in [-0.4, -0.2) is 25.2 Å². The van der Waals surface area contributed by atoms with Gasteiger partial charge in [-0.25, -0.2) is 0 Å². The topological polar surface area (TPSA) is 38.3 Å². The lowest BCUT2D eigenvalue weighted by atomic mass is 9.78. The summed E-state index contributed by atoms with van der Waals surface area (Å²) >= 11 is 0. The van der Waals surface area contributed by atoms with E-state index in [0.717, 1.165) is 6.54 Å². The molecule has 0 aromatic rings. The Bertz CT molecular complexity index is 164. The molecule has 0 unspecified atom stereocenters. The van der Waals surface area contributed by atoms with Crippen molar-refractivity contribution in [1.29, 1.82) is 0 Å². The molecule has 3 nitrogen and oxygen atoms in total. The number of nitrogens with one attached hydrogen (secondary N) is 1. The molecule has 1 saturated carbocycles. The molecule has 70 valence electrons. The van der Waals surface area contributed by atoms with E-state index >= 15 is 0 Å². The van der Waals surface area contributed by atoms with E-state index in [0.29, 0.717) is 12.0 Å². The summed E-state index contributed by atoms with van der Waals surface area (Å²) < 4.78 is 4.54. The van der Waals surface area contributed by atoms with Crippen molar-refractivity contribution in [1.82, 2.24) is 5.32 Å². The van der Waals surface area contributed by atoms with E-state index in [-0.39, 0.29) is 5.97 Å². The van der Waals surface area contributed by atoms with Crippen LogP contribution >= 0.6 is 0 Å². The second kappa shape index (κ2) is 3.90. The van der Waals surface area contributed by atoms with Crippen LogP contribution in [0.2, 0.25) is 0 Å². The van der Waals surface area contributed by atoms with Crippen LogP contribution in [0.5, 0.6) is 0 Å². The molecule has 0 radical (unpaired) electrons. The molecule has 0 saturated heterocycles. The van der Waals surface area contributed by atoms with E-state index in [2.05, 4.69) is 17.0 Å². The van der Waals surface area contributed by atoms with E-state index in [1.807, 2.05) is 0 Å². The van der Waals surface area contributed by atoms with Crippen LogP contribution in [0.15, 0.2) is 0 Å². The van der Waals surface area contributed by atoms with Crippen molar-refractivity contribution in [2.45, 2.75) is 38.1 Å². The fourth-order valence-corrected chi connectivity index (χ4v) is 1.45. The zero-order valence-corrected chi connectivity index (χ0v) is 7.85. The van der Waals surface area contributed by atoms with Crippen molar-refractivity contribution in [3.8, 4) is 0 Å². The molecular weight excluding hydrogens is 154 g/mol. The number of carbonyl (C=O) groups excluding carboxylic acids is 1. The molecule has 0 spiro atoms. The van der Waals surface area contributed by atoms with Gasteiger partial charge < -0.3 is 10.1 Å². The molecule has 1 N–H and O–H groups in total. The molecule has 0 aromatic heterocycles. The summed E-state index contributed by atoms with van der Waals surface area (Å²) in [7, 11) is 1.42. The lowest BCUT2D eigenvalue weighted by Gasteiger charge is -2.39. The zero-order chi connectivity index (χ0) is 9.03. The zero-order valence-electron chi connectivity index (χ0n) is 7.85. The molecular formula is C9H17NO2. The van der Waals surface area contributed by atoms with E-state index in [4.69, 9.17) is 0 Å². The largest absolute Gasteiger partial charge is 0.469 e. The van der Waals surface area contributed by atoms with Gasteiger partial charge in [0.25, 0.3) is 0 Å². The molecule has 1 fully saturated rings. The maximum Gasteiger partial charge on any atom is 0.306 e. The van der Waals surface area contributed by atoms with Crippen LogP contribution in [-0.2, 0) is 9.53 Å². The number of hydrogen-bond acceptors (Lipinski definition) is 3. The highest BCUT2D eigenvalue weighted by Gasteiger charge is 2.30. The van der Waals surface area contributed by atoms with E-state index in [1.54, 1.807) is 0 Å². The Labute approximate surface area is 73.5 Å². The number of ether oxygens (including phenoxy) is 1. The van der Waals surface area contributed by atoms with E-state index in [1.165, 1.54) is 26.4 Å². The van der Waals surface area contributed by atoms with Gasteiger partial charge in [0, 0.05) is 12.1 Å². The van der Waals surface area contributed by atoms with Crippen molar-refractivity contribution in [2.75, 3.05) is 13.7 Å². The fraction of sp³-hybridized carbons (Fsp3) is 0.889. The highest BCUT2D eigenvalue weighted by Crippen LogP contribution is 2.30. The van der Waals surface area contributed by atoms with Crippen molar-refractivity contribution < 1.29 is 9.53 Å². The summed E-state index contributed by atoms with van der Waals surface area (Å²) in [4.78, 5) is 10.7. The monoisotopic (exact) mass is 171 g/mol. The molecule has 1 rings (SSSR count). The predicted molar refractivity (Wildman–Crippen MR) is 46.9 cm³/mol. The van der Waals surface area contributed by atoms with Gasteiger partial charge in [0.15, 0.2) is 0 Å². The minimum atomic E-state index is -0.134. The summed E-state index contributed by atoms with van der Waals surface area (Å²) in [5, 5.41) is 3.36. The minimum Gasteiger partial charge on any atom is -0.469 e. The molecule has 1 aliphatic carbocycles.